The molecule has 1 aromatic rings. The molecule has 0 bridgehead atoms. The Labute approximate surface area is 146 Å². The van der Waals surface area contributed by atoms with Gasteiger partial charge in [-0.25, -0.2) is 0 Å². The largest absolute Gasteiger partial charge is 0.354 e. The Morgan fingerprint density at radius 3 is 2.46 bits per heavy atom. The molecular formula is C20H31N3O. The van der Waals surface area contributed by atoms with Crippen LogP contribution in [0, 0.1) is 5.92 Å². The van der Waals surface area contributed by atoms with Gasteiger partial charge in [0.25, 0.3) is 0 Å². The first-order valence-corrected chi connectivity index (χ1v) is 9.31. The predicted octanol–water partition coefficient (Wildman–Crippen LogP) is 2.32. The lowest BCUT2D eigenvalue weighted by molar-refractivity contribution is -0.123. The van der Waals surface area contributed by atoms with E-state index >= 15 is 0 Å². The van der Waals surface area contributed by atoms with Gasteiger partial charge < -0.3 is 10.2 Å². The fourth-order valence-corrected chi connectivity index (χ4v) is 3.77. The molecule has 2 fully saturated rings. The molecule has 1 amide bonds. The highest BCUT2D eigenvalue weighted by molar-refractivity contribution is 5.82. The van der Waals surface area contributed by atoms with Crippen LogP contribution in [0.3, 0.4) is 0 Å². The Morgan fingerprint density at radius 2 is 1.83 bits per heavy atom. The normalized spacial score (nSPS) is 25.5. The quantitative estimate of drug-likeness (QED) is 0.870. The van der Waals surface area contributed by atoms with E-state index in [4.69, 9.17) is 0 Å². The lowest BCUT2D eigenvalue weighted by Gasteiger charge is -2.44. The number of nitrogens with one attached hydrogen (secondary N) is 1. The van der Waals surface area contributed by atoms with Crippen molar-refractivity contribution in [3.63, 3.8) is 0 Å². The third-order valence-electron chi connectivity index (χ3n) is 5.73. The van der Waals surface area contributed by atoms with Crippen LogP contribution in [-0.4, -0.2) is 60.5 Å². The molecule has 24 heavy (non-hydrogen) atoms. The van der Waals surface area contributed by atoms with Crippen molar-refractivity contribution in [3.8, 4) is 0 Å². The van der Waals surface area contributed by atoms with Gasteiger partial charge in [0.15, 0.2) is 0 Å². The molecule has 4 heteroatoms. The lowest BCUT2D eigenvalue weighted by atomic mass is 10.0. The minimum atomic E-state index is 0.0205. The van der Waals surface area contributed by atoms with Crippen molar-refractivity contribution in [3.05, 3.63) is 35.9 Å². The number of piperazine rings is 1. The number of carbonyl (C=O) groups excluding carboxylic acids is 1. The lowest BCUT2D eigenvalue weighted by Crippen LogP contribution is -2.58. The first-order chi connectivity index (χ1) is 11.5. The number of hydrogen-bond donors (Lipinski definition) is 1. The summed E-state index contributed by atoms with van der Waals surface area (Å²) < 4.78 is 0. The van der Waals surface area contributed by atoms with E-state index in [1.165, 1.54) is 5.56 Å². The molecule has 0 aromatic heterocycles. The van der Waals surface area contributed by atoms with Crippen molar-refractivity contribution in [1.82, 2.24) is 15.1 Å². The molecule has 3 rings (SSSR count). The molecule has 2 aliphatic rings. The number of amides is 1. The van der Waals surface area contributed by atoms with E-state index in [0.29, 0.717) is 5.92 Å². The molecule has 132 valence electrons. The third kappa shape index (κ3) is 3.98. The van der Waals surface area contributed by atoms with E-state index in [1.54, 1.807) is 0 Å². The Bertz CT molecular complexity index is 549. The topological polar surface area (TPSA) is 35.6 Å². The van der Waals surface area contributed by atoms with Crippen molar-refractivity contribution in [1.29, 1.82) is 0 Å². The van der Waals surface area contributed by atoms with Gasteiger partial charge in [0.2, 0.25) is 5.91 Å². The summed E-state index contributed by atoms with van der Waals surface area (Å²) in [4.78, 5) is 17.5. The minimum absolute atomic E-state index is 0.0205. The fraction of sp³-hybridized carbons (Fsp3) is 0.650. The molecule has 0 spiro atoms. The Balaban J connectivity index is 1.46. The summed E-state index contributed by atoms with van der Waals surface area (Å²) in [6, 6.07) is 10.4. The summed E-state index contributed by atoms with van der Waals surface area (Å²) in [5.74, 6) is 0.812. The Morgan fingerprint density at radius 1 is 1.17 bits per heavy atom. The second kappa shape index (κ2) is 7.24. The van der Waals surface area contributed by atoms with Crippen LogP contribution in [0.4, 0.5) is 0 Å². The van der Waals surface area contributed by atoms with E-state index in [-0.39, 0.29) is 17.4 Å². The summed E-state index contributed by atoms with van der Waals surface area (Å²) in [5, 5.41) is 3.21. The van der Waals surface area contributed by atoms with Crippen LogP contribution in [0.5, 0.6) is 0 Å². The number of carbonyl (C=O) groups is 1. The van der Waals surface area contributed by atoms with Gasteiger partial charge in [-0.3, -0.25) is 9.69 Å². The van der Waals surface area contributed by atoms with E-state index in [2.05, 4.69) is 60.2 Å². The van der Waals surface area contributed by atoms with Crippen molar-refractivity contribution < 1.29 is 4.79 Å². The number of hydrogen-bond acceptors (Lipinski definition) is 3. The molecule has 1 aliphatic heterocycles. The summed E-state index contributed by atoms with van der Waals surface area (Å²) in [6.45, 7) is 13.0. The smallest absolute Gasteiger partial charge is 0.223 e. The molecular weight excluding hydrogens is 298 g/mol. The predicted molar refractivity (Wildman–Crippen MR) is 98.1 cm³/mol. The van der Waals surface area contributed by atoms with Crippen LogP contribution in [0.1, 0.15) is 38.7 Å². The molecule has 1 aliphatic carbocycles. The number of likely N-dealkylation sites (N-methyl/N-ethyl adjacent to an activating group) is 1. The van der Waals surface area contributed by atoms with Crippen LogP contribution in [-0.2, 0) is 4.79 Å². The van der Waals surface area contributed by atoms with Gasteiger partial charge >= 0.3 is 0 Å². The van der Waals surface area contributed by atoms with Crippen LogP contribution in [0.15, 0.2) is 30.3 Å². The molecule has 1 saturated carbocycles. The van der Waals surface area contributed by atoms with E-state index < -0.39 is 0 Å². The molecule has 1 heterocycles. The Hall–Kier alpha value is -1.39. The molecule has 4 nitrogen and oxygen atoms in total. The second-order valence-electron chi connectivity index (χ2n) is 7.81. The standard InChI is InChI=1S/C20H31N3O/c1-4-22-10-12-23(13-11-22)20(2,3)15-21-19(24)18-14-17(18)16-8-6-5-7-9-16/h5-9,17-18H,4,10-15H2,1-3H3,(H,21,24). The number of benzene rings is 1. The van der Waals surface area contributed by atoms with Gasteiger partial charge in [0, 0.05) is 44.2 Å². The number of nitrogens with zero attached hydrogens (tertiary/aromatic N) is 2. The van der Waals surface area contributed by atoms with Crippen molar-refractivity contribution in [2.24, 2.45) is 5.92 Å². The summed E-state index contributed by atoms with van der Waals surface area (Å²) in [7, 11) is 0. The minimum Gasteiger partial charge on any atom is -0.354 e. The average molecular weight is 329 g/mol. The van der Waals surface area contributed by atoms with E-state index in [0.717, 1.165) is 45.7 Å². The fourth-order valence-electron chi connectivity index (χ4n) is 3.77. The molecule has 0 radical (unpaired) electrons. The maximum Gasteiger partial charge on any atom is 0.223 e. The highest BCUT2D eigenvalue weighted by Crippen LogP contribution is 2.47. The average Bonchev–Trinajstić information content (AvgIpc) is 3.41. The van der Waals surface area contributed by atoms with Crippen LogP contribution in [0.2, 0.25) is 0 Å². The van der Waals surface area contributed by atoms with Crippen LogP contribution in [0.25, 0.3) is 0 Å². The molecule has 2 atom stereocenters. The van der Waals surface area contributed by atoms with Gasteiger partial charge in [-0.05, 0) is 38.3 Å². The molecule has 2 unspecified atom stereocenters. The van der Waals surface area contributed by atoms with Gasteiger partial charge in [-0.15, -0.1) is 0 Å². The maximum absolute atomic E-state index is 12.5. The first-order valence-electron chi connectivity index (χ1n) is 9.31. The third-order valence-corrected chi connectivity index (χ3v) is 5.73. The highest BCUT2D eigenvalue weighted by atomic mass is 16.2. The van der Waals surface area contributed by atoms with Crippen molar-refractivity contribution >= 4 is 5.91 Å². The van der Waals surface area contributed by atoms with Gasteiger partial charge in [-0.1, -0.05) is 37.3 Å². The molecule has 1 N–H and O–H groups in total. The molecule has 1 saturated heterocycles. The van der Waals surface area contributed by atoms with Gasteiger partial charge in [0.05, 0.1) is 0 Å². The van der Waals surface area contributed by atoms with Crippen LogP contribution < -0.4 is 5.32 Å². The summed E-state index contributed by atoms with van der Waals surface area (Å²) in [6.07, 6.45) is 0.992. The summed E-state index contributed by atoms with van der Waals surface area (Å²) in [5.41, 5.74) is 1.32. The monoisotopic (exact) mass is 329 g/mol. The Kier molecular flexibility index (Phi) is 5.26. The van der Waals surface area contributed by atoms with Gasteiger partial charge in [0.1, 0.15) is 0 Å². The van der Waals surface area contributed by atoms with Crippen molar-refractivity contribution in [2.75, 3.05) is 39.3 Å². The summed E-state index contributed by atoms with van der Waals surface area (Å²) >= 11 is 0. The highest BCUT2D eigenvalue weighted by Gasteiger charge is 2.44. The molecule has 1 aromatic carbocycles. The zero-order chi connectivity index (χ0) is 17.2. The van der Waals surface area contributed by atoms with E-state index in [1.807, 2.05) is 6.07 Å². The second-order valence-corrected chi connectivity index (χ2v) is 7.81. The van der Waals surface area contributed by atoms with Crippen molar-refractivity contribution in [2.45, 2.75) is 38.6 Å². The SMILES string of the molecule is CCN1CCN(C(C)(C)CNC(=O)C2CC2c2ccccc2)CC1. The van der Waals surface area contributed by atoms with Crippen LogP contribution >= 0.6 is 0 Å². The van der Waals surface area contributed by atoms with E-state index in [9.17, 15) is 4.79 Å². The zero-order valence-electron chi connectivity index (χ0n) is 15.3. The van der Waals surface area contributed by atoms with Gasteiger partial charge in [-0.2, -0.15) is 0 Å². The first kappa shape index (κ1) is 17.4. The maximum atomic E-state index is 12.5. The number of rotatable bonds is 6. The zero-order valence-corrected chi connectivity index (χ0v) is 15.3.